The highest BCUT2D eigenvalue weighted by Crippen LogP contribution is 2.35. The molecule has 7 N–H and O–H groups in total. The number of hydrazine groups is 2. The Balaban J connectivity index is 1.07. The van der Waals surface area contributed by atoms with E-state index in [0.717, 1.165) is 58.7 Å². The van der Waals surface area contributed by atoms with E-state index in [1.165, 1.54) is 0 Å². The molecule has 11 nitrogen and oxygen atoms in total. The summed E-state index contributed by atoms with van der Waals surface area (Å²) in [6.07, 6.45) is 1.84. The van der Waals surface area contributed by atoms with Gasteiger partial charge >= 0.3 is 0 Å². The second kappa shape index (κ2) is 11.0. The Morgan fingerprint density at radius 1 is 1.15 bits per heavy atom. The van der Waals surface area contributed by atoms with E-state index >= 15 is 0 Å². The molecule has 7 atom stereocenters. The molecule has 5 fully saturated rings. The van der Waals surface area contributed by atoms with Crippen molar-refractivity contribution in [1.82, 2.24) is 47.5 Å². The molecule has 0 aromatic heterocycles. The Kier molecular flexibility index (Phi) is 8.03. The molecule has 5 rings (SSSR count). The summed E-state index contributed by atoms with van der Waals surface area (Å²) < 4.78 is 6.02. The van der Waals surface area contributed by atoms with Crippen molar-refractivity contribution in [2.75, 3.05) is 59.5 Å². The number of hydrogen-bond acceptors (Lipinski definition) is 10. The van der Waals surface area contributed by atoms with Crippen molar-refractivity contribution in [2.24, 2.45) is 17.8 Å². The van der Waals surface area contributed by atoms with Crippen LogP contribution in [0, 0.1) is 17.8 Å². The second-order valence-corrected chi connectivity index (χ2v) is 10.9. The first-order valence-electron chi connectivity index (χ1n) is 13.3. The van der Waals surface area contributed by atoms with E-state index in [9.17, 15) is 4.79 Å². The molecule has 4 saturated heterocycles. The lowest BCUT2D eigenvalue weighted by atomic mass is 9.76. The SMILES string of the molecule is CCOC1CC2NN(C)CC2CC1C(=O)NC1CNC(NCC2C(C)NN3CCNCC23)NC1. The fraction of sp³-hybridized carbons (Fsp3) is 0.957. The molecule has 5 aliphatic rings. The van der Waals surface area contributed by atoms with E-state index in [1.54, 1.807) is 0 Å². The number of nitrogens with zero attached hydrogens (tertiary/aromatic N) is 2. The largest absolute Gasteiger partial charge is 0.378 e. The van der Waals surface area contributed by atoms with Crippen LogP contribution >= 0.6 is 0 Å². The Bertz CT molecular complexity index is 691. The third kappa shape index (κ3) is 5.42. The van der Waals surface area contributed by atoms with Crippen LogP contribution in [0.3, 0.4) is 0 Å². The number of amides is 1. The zero-order valence-electron chi connectivity index (χ0n) is 21.0. The first-order valence-corrected chi connectivity index (χ1v) is 13.3. The van der Waals surface area contributed by atoms with Crippen molar-refractivity contribution in [3.63, 3.8) is 0 Å². The van der Waals surface area contributed by atoms with E-state index in [2.05, 4.69) is 61.4 Å². The normalized spacial score (nSPS) is 43.4. The van der Waals surface area contributed by atoms with Gasteiger partial charge in [-0.2, -0.15) is 0 Å². The third-order valence-corrected chi connectivity index (χ3v) is 8.50. The molecule has 7 unspecified atom stereocenters. The van der Waals surface area contributed by atoms with E-state index in [4.69, 9.17) is 4.74 Å². The number of carbonyl (C=O) groups excluding carboxylic acids is 1. The number of rotatable bonds is 7. The number of piperazine rings is 1. The maximum Gasteiger partial charge on any atom is 0.226 e. The molecule has 4 aliphatic heterocycles. The van der Waals surface area contributed by atoms with E-state index in [0.29, 0.717) is 36.6 Å². The summed E-state index contributed by atoms with van der Waals surface area (Å²) in [6.45, 7) is 11.6. The first kappa shape index (κ1) is 24.8. The Morgan fingerprint density at radius 3 is 2.76 bits per heavy atom. The van der Waals surface area contributed by atoms with Gasteiger partial charge in [0.1, 0.15) is 6.29 Å². The molecule has 194 valence electrons. The summed E-state index contributed by atoms with van der Waals surface area (Å²) >= 11 is 0. The minimum Gasteiger partial charge on any atom is -0.378 e. The maximum absolute atomic E-state index is 13.3. The van der Waals surface area contributed by atoms with Gasteiger partial charge in [0, 0.05) is 83.5 Å². The second-order valence-electron chi connectivity index (χ2n) is 10.9. The topological polar surface area (TPSA) is 117 Å². The molecular weight excluding hydrogens is 434 g/mol. The fourth-order valence-corrected chi connectivity index (χ4v) is 6.72. The highest BCUT2D eigenvalue weighted by molar-refractivity contribution is 5.80. The predicted molar refractivity (Wildman–Crippen MR) is 130 cm³/mol. The zero-order valence-corrected chi connectivity index (χ0v) is 21.0. The predicted octanol–water partition coefficient (Wildman–Crippen LogP) is -2.42. The summed E-state index contributed by atoms with van der Waals surface area (Å²) in [5.41, 5.74) is 7.15. The zero-order chi connectivity index (χ0) is 23.7. The summed E-state index contributed by atoms with van der Waals surface area (Å²) in [7, 11) is 2.08. The van der Waals surface area contributed by atoms with Gasteiger partial charge in [-0.15, -0.1) is 0 Å². The fourth-order valence-electron chi connectivity index (χ4n) is 6.72. The lowest BCUT2D eigenvalue weighted by Crippen LogP contribution is -2.66. The first-order chi connectivity index (χ1) is 16.5. The van der Waals surface area contributed by atoms with Gasteiger partial charge in [-0.05, 0) is 32.6 Å². The molecule has 0 radical (unpaired) electrons. The van der Waals surface area contributed by atoms with Crippen LogP contribution in [-0.4, -0.2) is 112 Å². The number of ether oxygens (including phenoxy) is 1. The molecule has 0 spiro atoms. The summed E-state index contributed by atoms with van der Waals surface area (Å²) in [5, 5.41) is 22.1. The van der Waals surface area contributed by atoms with Crippen LogP contribution in [0.15, 0.2) is 0 Å². The quantitative estimate of drug-likeness (QED) is 0.213. The molecule has 1 aliphatic carbocycles. The lowest BCUT2D eigenvalue weighted by Gasteiger charge is -2.38. The monoisotopic (exact) mass is 479 g/mol. The van der Waals surface area contributed by atoms with Crippen molar-refractivity contribution in [3.05, 3.63) is 0 Å². The third-order valence-electron chi connectivity index (χ3n) is 8.50. The van der Waals surface area contributed by atoms with Crippen LogP contribution in [-0.2, 0) is 9.53 Å². The molecule has 1 saturated carbocycles. The summed E-state index contributed by atoms with van der Waals surface area (Å²) in [6, 6.07) is 1.51. The van der Waals surface area contributed by atoms with Crippen LogP contribution in [0.2, 0.25) is 0 Å². The molecule has 4 heterocycles. The average molecular weight is 480 g/mol. The molecule has 11 heteroatoms. The Hall–Kier alpha value is -0.890. The van der Waals surface area contributed by atoms with Crippen molar-refractivity contribution in [2.45, 2.75) is 63.3 Å². The van der Waals surface area contributed by atoms with Gasteiger partial charge in [-0.25, -0.2) is 10.0 Å². The molecular formula is C23H45N9O2. The minimum absolute atomic E-state index is 0.0139. The summed E-state index contributed by atoms with van der Waals surface area (Å²) in [5.74, 6) is 1.14. The Labute approximate surface area is 203 Å². The Morgan fingerprint density at radius 2 is 1.97 bits per heavy atom. The van der Waals surface area contributed by atoms with Crippen LogP contribution in [0.1, 0.15) is 26.7 Å². The number of hydrogen-bond donors (Lipinski definition) is 7. The van der Waals surface area contributed by atoms with Gasteiger partial charge in [-0.1, -0.05) is 0 Å². The maximum atomic E-state index is 13.3. The van der Waals surface area contributed by atoms with Crippen molar-refractivity contribution < 1.29 is 9.53 Å². The van der Waals surface area contributed by atoms with Gasteiger partial charge < -0.3 is 15.4 Å². The van der Waals surface area contributed by atoms with E-state index in [-0.39, 0.29) is 30.3 Å². The molecule has 0 aromatic rings. The smallest absolute Gasteiger partial charge is 0.226 e. The van der Waals surface area contributed by atoms with Crippen molar-refractivity contribution in [3.8, 4) is 0 Å². The van der Waals surface area contributed by atoms with E-state index in [1.807, 2.05) is 6.92 Å². The average Bonchev–Trinajstić information content (AvgIpc) is 3.35. The van der Waals surface area contributed by atoms with Gasteiger partial charge in [0.15, 0.2) is 0 Å². The van der Waals surface area contributed by atoms with E-state index < -0.39 is 0 Å². The van der Waals surface area contributed by atoms with Crippen LogP contribution in [0.4, 0.5) is 0 Å². The van der Waals surface area contributed by atoms with Gasteiger partial charge in [0.2, 0.25) is 5.91 Å². The highest BCUT2D eigenvalue weighted by Gasteiger charge is 2.45. The standard InChI is InChI=1S/C23H45N9O2/c1-4-34-21-8-19-15(13-31(3)30-19)7-17(21)22(33)28-16-9-25-23(26-10-16)27-11-18-14(2)29-32-6-5-24-12-20(18)32/h14-21,23-27,29-30H,4-13H2,1-3H3,(H,28,33). The van der Waals surface area contributed by atoms with Crippen LogP contribution < -0.4 is 37.4 Å². The molecule has 0 bridgehead atoms. The minimum atomic E-state index is -0.0752. The van der Waals surface area contributed by atoms with Crippen LogP contribution in [0.25, 0.3) is 0 Å². The summed E-state index contributed by atoms with van der Waals surface area (Å²) in [4.78, 5) is 13.3. The van der Waals surface area contributed by atoms with Crippen molar-refractivity contribution in [1.29, 1.82) is 0 Å². The number of carbonyl (C=O) groups is 1. The highest BCUT2D eigenvalue weighted by atomic mass is 16.5. The molecule has 1 amide bonds. The van der Waals surface area contributed by atoms with Gasteiger partial charge in [0.25, 0.3) is 0 Å². The van der Waals surface area contributed by atoms with Crippen molar-refractivity contribution >= 4 is 5.91 Å². The number of nitrogens with one attached hydrogen (secondary N) is 7. The number of fused-ring (bicyclic) bond motifs is 2. The van der Waals surface area contributed by atoms with Crippen LogP contribution in [0.5, 0.6) is 0 Å². The molecule has 34 heavy (non-hydrogen) atoms. The van der Waals surface area contributed by atoms with Gasteiger partial charge in [-0.3, -0.25) is 31.6 Å². The lowest BCUT2D eigenvalue weighted by molar-refractivity contribution is -0.134. The van der Waals surface area contributed by atoms with Gasteiger partial charge in [0.05, 0.1) is 18.1 Å². The molecule has 0 aromatic carbocycles.